The summed E-state index contributed by atoms with van der Waals surface area (Å²) in [5, 5.41) is 5.90. The maximum atomic E-state index is 12.1. The van der Waals surface area contributed by atoms with E-state index in [-0.39, 0.29) is 16.8 Å². The van der Waals surface area contributed by atoms with Crippen LogP contribution < -0.4 is 10.6 Å². The van der Waals surface area contributed by atoms with Crippen molar-refractivity contribution in [2.45, 2.75) is 50.5 Å². The molecule has 1 amide bonds. The van der Waals surface area contributed by atoms with Crippen LogP contribution in [0.4, 0.5) is 5.69 Å². The average molecular weight is 323 g/mol. The number of anilines is 1. The highest BCUT2D eigenvalue weighted by atomic mass is 32.2. The van der Waals surface area contributed by atoms with Gasteiger partial charge in [0.25, 0.3) is 10.0 Å². The Morgan fingerprint density at radius 1 is 1.36 bits per heavy atom. The van der Waals surface area contributed by atoms with E-state index in [0.29, 0.717) is 30.8 Å². The third-order valence-electron chi connectivity index (χ3n) is 3.51. The Kier molecular flexibility index (Phi) is 5.18. The summed E-state index contributed by atoms with van der Waals surface area (Å²) in [5.41, 5.74) is 0.538. The number of sulfonamides is 1. The molecule has 1 heterocycles. The van der Waals surface area contributed by atoms with Gasteiger partial charge < -0.3 is 10.6 Å². The molecule has 1 aliphatic rings. The van der Waals surface area contributed by atoms with Crippen LogP contribution in [0.3, 0.4) is 0 Å². The van der Waals surface area contributed by atoms with E-state index in [1.165, 1.54) is 6.07 Å². The number of fused-ring (bicyclic) bond motifs is 1. The molecule has 6 nitrogen and oxygen atoms in total. The van der Waals surface area contributed by atoms with Gasteiger partial charge in [-0.05, 0) is 31.9 Å². The first-order valence-electron chi connectivity index (χ1n) is 7.41. The number of carbonyl (C=O) groups is 1. The maximum absolute atomic E-state index is 12.1. The van der Waals surface area contributed by atoms with Gasteiger partial charge in [-0.2, -0.15) is 8.42 Å². The standard InChI is InChI=1S/C15H21N3O3S/c1-3-11(2)16-15(19)10-6-9-14-17-12-7-4-5-8-13(12)22(20,21)18-14/h4-5,7-8,11H,3,6,9-10H2,1-2H3,(H,16,19)(H,17,18). The molecule has 1 aliphatic heterocycles. The molecule has 7 heteroatoms. The third kappa shape index (κ3) is 4.07. The Morgan fingerprint density at radius 2 is 2.09 bits per heavy atom. The Morgan fingerprint density at radius 3 is 2.82 bits per heavy atom. The molecule has 0 radical (unpaired) electrons. The zero-order chi connectivity index (χ0) is 16.2. The monoisotopic (exact) mass is 323 g/mol. The van der Waals surface area contributed by atoms with Crippen LogP contribution in [0, 0.1) is 0 Å². The second-order valence-electron chi connectivity index (χ2n) is 5.36. The smallest absolute Gasteiger partial charge is 0.286 e. The Balaban J connectivity index is 1.93. The highest BCUT2D eigenvalue weighted by Gasteiger charge is 2.23. The quantitative estimate of drug-likeness (QED) is 0.841. The molecule has 0 bridgehead atoms. The molecule has 120 valence electrons. The van der Waals surface area contributed by atoms with E-state index in [4.69, 9.17) is 0 Å². The highest BCUT2D eigenvalue weighted by Crippen LogP contribution is 2.27. The summed E-state index contributed by atoms with van der Waals surface area (Å²) in [7, 11) is -3.64. The summed E-state index contributed by atoms with van der Waals surface area (Å²) in [5.74, 6) is 0.365. The minimum absolute atomic E-state index is 0.0194. The van der Waals surface area contributed by atoms with Gasteiger partial charge in [-0.15, -0.1) is 4.40 Å². The molecule has 0 fully saturated rings. The first-order chi connectivity index (χ1) is 10.4. The zero-order valence-corrected chi connectivity index (χ0v) is 13.6. The van der Waals surface area contributed by atoms with Crippen LogP contribution in [-0.2, 0) is 14.8 Å². The predicted molar refractivity (Wildman–Crippen MR) is 86.4 cm³/mol. The SMILES string of the molecule is CCC(C)NC(=O)CCCC1=NS(=O)(=O)c2ccccc2N1. The van der Waals surface area contributed by atoms with Crippen LogP contribution in [0.1, 0.15) is 39.5 Å². The van der Waals surface area contributed by atoms with Crippen LogP contribution in [0.25, 0.3) is 0 Å². The van der Waals surface area contributed by atoms with E-state index in [1.54, 1.807) is 18.2 Å². The van der Waals surface area contributed by atoms with E-state index in [0.717, 1.165) is 6.42 Å². The van der Waals surface area contributed by atoms with Gasteiger partial charge in [0.05, 0.1) is 5.69 Å². The lowest BCUT2D eigenvalue weighted by Gasteiger charge is -2.18. The predicted octanol–water partition coefficient (Wildman–Crippen LogP) is 2.28. The van der Waals surface area contributed by atoms with Crippen molar-refractivity contribution in [3.63, 3.8) is 0 Å². The van der Waals surface area contributed by atoms with Gasteiger partial charge in [0.15, 0.2) is 0 Å². The summed E-state index contributed by atoms with van der Waals surface area (Å²) in [6.07, 6.45) is 2.20. The fourth-order valence-corrected chi connectivity index (χ4v) is 3.31. The lowest BCUT2D eigenvalue weighted by atomic mass is 10.2. The number of amidine groups is 1. The molecule has 0 saturated carbocycles. The molecule has 0 saturated heterocycles. The minimum Gasteiger partial charge on any atom is -0.354 e. The topological polar surface area (TPSA) is 87.6 Å². The lowest BCUT2D eigenvalue weighted by molar-refractivity contribution is -0.121. The van der Waals surface area contributed by atoms with Crippen molar-refractivity contribution in [1.29, 1.82) is 0 Å². The molecule has 2 rings (SSSR count). The molecule has 0 spiro atoms. The molecule has 22 heavy (non-hydrogen) atoms. The maximum Gasteiger partial charge on any atom is 0.286 e. The van der Waals surface area contributed by atoms with Gasteiger partial charge in [0.1, 0.15) is 10.7 Å². The summed E-state index contributed by atoms with van der Waals surface area (Å²) >= 11 is 0. The van der Waals surface area contributed by atoms with E-state index in [9.17, 15) is 13.2 Å². The summed E-state index contributed by atoms with van der Waals surface area (Å²) in [6, 6.07) is 6.82. The van der Waals surface area contributed by atoms with E-state index in [2.05, 4.69) is 15.0 Å². The van der Waals surface area contributed by atoms with Gasteiger partial charge >= 0.3 is 0 Å². The average Bonchev–Trinajstić information content (AvgIpc) is 2.46. The Labute approximate surface area is 131 Å². The molecular formula is C15H21N3O3S. The van der Waals surface area contributed by atoms with Crippen molar-refractivity contribution < 1.29 is 13.2 Å². The Bertz CT molecular complexity index is 683. The fraction of sp³-hybridized carbons (Fsp3) is 0.467. The van der Waals surface area contributed by atoms with Gasteiger partial charge in [-0.25, -0.2) is 0 Å². The van der Waals surface area contributed by atoms with E-state index >= 15 is 0 Å². The van der Waals surface area contributed by atoms with Crippen molar-refractivity contribution in [3.05, 3.63) is 24.3 Å². The van der Waals surface area contributed by atoms with Crippen molar-refractivity contribution in [3.8, 4) is 0 Å². The molecule has 2 N–H and O–H groups in total. The van der Waals surface area contributed by atoms with Gasteiger partial charge in [0, 0.05) is 18.9 Å². The van der Waals surface area contributed by atoms with Gasteiger partial charge in [-0.3, -0.25) is 4.79 Å². The van der Waals surface area contributed by atoms with Crippen molar-refractivity contribution in [1.82, 2.24) is 5.32 Å². The number of nitrogens with one attached hydrogen (secondary N) is 2. The molecule has 1 unspecified atom stereocenters. The number of nitrogens with zero attached hydrogens (tertiary/aromatic N) is 1. The second kappa shape index (κ2) is 6.91. The van der Waals surface area contributed by atoms with Crippen LogP contribution in [-0.4, -0.2) is 26.2 Å². The molecule has 1 aromatic rings. The number of hydrogen-bond acceptors (Lipinski definition) is 4. The number of para-hydroxylation sites is 1. The van der Waals surface area contributed by atoms with Gasteiger partial charge in [-0.1, -0.05) is 19.1 Å². The molecule has 1 aromatic carbocycles. The first kappa shape index (κ1) is 16.5. The van der Waals surface area contributed by atoms with Crippen LogP contribution in [0.15, 0.2) is 33.6 Å². The molecule has 0 aliphatic carbocycles. The lowest BCUT2D eigenvalue weighted by Crippen LogP contribution is -2.31. The normalized spacial score (nSPS) is 16.9. The number of amides is 1. The van der Waals surface area contributed by atoms with Crippen LogP contribution in [0.2, 0.25) is 0 Å². The highest BCUT2D eigenvalue weighted by molar-refractivity contribution is 7.90. The van der Waals surface area contributed by atoms with E-state index < -0.39 is 10.0 Å². The van der Waals surface area contributed by atoms with E-state index in [1.807, 2.05) is 13.8 Å². The van der Waals surface area contributed by atoms with Crippen molar-refractivity contribution in [2.75, 3.05) is 5.32 Å². The van der Waals surface area contributed by atoms with Gasteiger partial charge in [0.2, 0.25) is 5.91 Å². The van der Waals surface area contributed by atoms with Crippen molar-refractivity contribution >= 4 is 27.5 Å². The van der Waals surface area contributed by atoms with Crippen LogP contribution in [0.5, 0.6) is 0 Å². The third-order valence-corrected chi connectivity index (χ3v) is 4.88. The van der Waals surface area contributed by atoms with Crippen LogP contribution >= 0.6 is 0 Å². The number of carbonyl (C=O) groups excluding carboxylic acids is 1. The largest absolute Gasteiger partial charge is 0.354 e. The summed E-state index contributed by atoms with van der Waals surface area (Å²) < 4.78 is 27.9. The second-order valence-corrected chi connectivity index (χ2v) is 6.94. The molecule has 0 aromatic heterocycles. The number of hydrogen-bond donors (Lipinski definition) is 2. The summed E-state index contributed by atoms with van der Waals surface area (Å²) in [6.45, 7) is 3.96. The van der Waals surface area contributed by atoms with Crippen molar-refractivity contribution in [2.24, 2.45) is 4.40 Å². The number of rotatable bonds is 6. The fourth-order valence-electron chi connectivity index (χ4n) is 2.14. The number of benzene rings is 1. The molecule has 1 atom stereocenters. The minimum atomic E-state index is -3.64. The Hall–Kier alpha value is -1.89. The zero-order valence-electron chi connectivity index (χ0n) is 12.8. The first-order valence-corrected chi connectivity index (χ1v) is 8.85. The molecular weight excluding hydrogens is 302 g/mol. The summed E-state index contributed by atoms with van der Waals surface area (Å²) in [4.78, 5) is 11.9.